The van der Waals surface area contributed by atoms with Gasteiger partial charge in [0.05, 0.1) is 4.88 Å². The highest BCUT2D eigenvalue weighted by molar-refractivity contribution is 7.89. The van der Waals surface area contributed by atoms with Gasteiger partial charge in [-0.1, -0.05) is 11.2 Å². The van der Waals surface area contributed by atoms with Crippen molar-refractivity contribution in [3.8, 4) is 0 Å². The van der Waals surface area contributed by atoms with Crippen molar-refractivity contribution in [3.05, 3.63) is 33.8 Å². The van der Waals surface area contributed by atoms with Crippen LogP contribution in [0.1, 0.15) is 21.1 Å². The summed E-state index contributed by atoms with van der Waals surface area (Å²) in [5.41, 5.74) is 0.308. The number of nitrogens with one attached hydrogen (secondary N) is 2. The monoisotopic (exact) mass is 329 g/mol. The van der Waals surface area contributed by atoms with Gasteiger partial charge >= 0.3 is 0 Å². The molecule has 0 aliphatic carbocycles. The summed E-state index contributed by atoms with van der Waals surface area (Å²) in [6.45, 7) is 3.37. The lowest BCUT2D eigenvalue weighted by Gasteiger charge is -2.07. The summed E-state index contributed by atoms with van der Waals surface area (Å²) in [5.74, 6) is 0.0177. The Morgan fingerprint density at radius 3 is 2.71 bits per heavy atom. The van der Waals surface area contributed by atoms with Gasteiger partial charge in [-0.2, -0.15) is 0 Å². The molecule has 0 aliphatic heterocycles. The van der Waals surface area contributed by atoms with Gasteiger partial charge in [0, 0.05) is 13.1 Å². The molecule has 2 heterocycles. The maximum atomic E-state index is 12.1. The topological polar surface area (TPSA) is 101 Å². The third-order valence-corrected chi connectivity index (χ3v) is 5.26. The Bertz CT molecular complexity index is 700. The molecule has 0 fully saturated rings. The molecule has 0 spiro atoms. The Labute approximate surface area is 126 Å². The van der Waals surface area contributed by atoms with E-state index in [2.05, 4.69) is 15.2 Å². The number of aromatic nitrogens is 1. The first-order valence-electron chi connectivity index (χ1n) is 6.16. The molecule has 0 aromatic carbocycles. The van der Waals surface area contributed by atoms with Crippen molar-refractivity contribution in [2.24, 2.45) is 0 Å². The van der Waals surface area contributed by atoms with E-state index in [9.17, 15) is 13.2 Å². The first-order chi connectivity index (χ1) is 9.92. The van der Waals surface area contributed by atoms with E-state index in [1.807, 2.05) is 0 Å². The molecule has 1 amide bonds. The van der Waals surface area contributed by atoms with Crippen LogP contribution in [0.3, 0.4) is 0 Å². The Morgan fingerprint density at radius 2 is 2.14 bits per heavy atom. The van der Waals surface area contributed by atoms with Gasteiger partial charge in [0.1, 0.15) is 10.6 Å². The summed E-state index contributed by atoms with van der Waals surface area (Å²) < 4.78 is 31.4. The van der Waals surface area contributed by atoms with Crippen LogP contribution in [0.5, 0.6) is 0 Å². The molecular weight excluding hydrogens is 314 g/mol. The van der Waals surface area contributed by atoms with Crippen LogP contribution in [0, 0.1) is 13.8 Å². The Morgan fingerprint density at radius 1 is 1.38 bits per heavy atom. The molecule has 21 heavy (non-hydrogen) atoms. The second kappa shape index (κ2) is 6.37. The smallest absolute Gasteiger partial charge is 0.261 e. The zero-order chi connectivity index (χ0) is 15.5. The van der Waals surface area contributed by atoms with Crippen LogP contribution in [0.4, 0.5) is 0 Å². The van der Waals surface area contributed by atoms with Crippen LogP contribution >= 0.6 is 11.3 Å². The van der Waals surface area contributed by atoms with Gasteiger partial charge < -0.3 is 9.84 Å². The number of carbonyl (C=O) groups excluding carboxylic acids is 1. The fourth-order valence-corrected chi connectivity index (χ4v) is 3.78. The van der Waals surface area contributed by atoms with Crippen molar-refractivity contribution in [1.82, 2.24) is 15.2 Å². The molecule has 0 aliphatic rings. The van der Waals surface area contributed by atoms with Gasteiger partial charge in [-0.3, -0.25) is 4.79 Å². The number of carbonyl (C=O) groups is 1. The third-order valence-electron chi connectivity index (χ3n) is 2.68. The van der Waals surface area contributed by atoms with E-state index in [-0.39, 0.29) is 29.7 Å². The summed E-state index contributed by atoms with van der Waals surface area (Å²) in [5, 5.41) is 8.05. The zero-order valence-electron chi connectivity index (χ0n) is 11.5. The minimum absolute atomic E-state index is 0.0482. The lowest BCUT2D eigenvalue weighted by atomic mass is 10.4. The first-order valence-corrected chi connectivity index (χ1v) is 8.52. The van der Waals surface area contributed by atoms with E-state index in [0.717, 1.165) is 0 Å². The van der Waals surface area contributed by atoms with Crippen LogP contribution in [0.15, 0.2) is 26.9 Å². The van der Waals surface area contributed by atoms with Crippen molar-refractivity contribution < 1.29 is 17.7 Å². The number of sulfonamides is 1. The minimum Gasteiger partial charge on any atom is -0.360 e. The molecule has 0 radical (unpaired) electrons. The van der Waals surface area contributed by atoms with E-state index < -0.39 is 10.0 Å². The molecule has 2 N–H and O–H groups in total. The van der Waals surface area contributed by atoms with Crippen LogP contribution < -0.4 is 10.0 Å². The standard InChI is InChI=1S/C12H15N3O4S2/c1-8-11(9(2)19-15-8)21(17,18)14-6-5-13-12(16)10-4-3-7-20-10/h3-4,7,14H,5-6H2,1-2H3,(H,13,16). The largest absolute Gasteiger partial charge is 0.360 e. The number of thiophene rings is 1. The minimum atomic E-state index is -3.68. The molecule has 0 bridgehead atoms. The van der Waals surface area contributed by atoms with E-state index in [1.165, 1.54) is 18.3 Å². The summed E-state index contributed by atoms with van der Waals surface area (Å²) in [7, 11) is -3.68. The highest BCUT2D eigenvalue weighted by Crippen LogP contribution is 2.18. The predicted molar refractivity (Wildman–Crippen MR) is 77.8 cm³/mol. The van der Waals surface area contributed by atoms with Gasteiger partial charge in [0.2, 0.25) is 10.0 Å². The molecular formula is C12H15N3O4S2. The number of rotatable bonds is 6. The first kappa shape index (κ1) is 15.7. The maximum absolute atomic E-state index is 12.1. The van der Waals surface area contributed by atoms with Crippen molar-refractivity contribution >= 4 is 27.3 Å². The van der Waals surface area contributed by atoms with Crippen LogP contribution in [-0.4, -0.2) is 32.6 Å². The molecule has 0 atom stereocenters. The van der Waals surface area contributed by atoms with Gasteiger partial charge in [0.15, 0.2) is 5.76 Å². The molecule has 9 heteroatoms. The summed E-state index contributed by atoms with van der Waals surface area (Å²) in [4.78, 5) is 12.3. The quantitative estimate of drug-likeness (QED) is 0.772. The van der Waals surface area contributed by atoms with Crippen molar-refractivity contribution in [2.75, 3.05) is 13.1 Å². The number of amides is 1. The zero-order valence-corrected chi connectivity index (χ0v) is 13.2. The van der Waals surface area contributed by atoms with Gasteiger partial charge in [0.25, 0.3) is 5.91 Å². The fraction of sp³-hybridized carbons (Fsp3) is 0.333. The normalized spacial score (nSPS) is 11.5. The number of nitrogens with zero attached hydrogens (tertiary/aromatic N) is 1. The molecule has 0 saturated carbocycles. The summed E-state index contributed by atoms with van der Waals surface area (Å²) >= 11 is 1.33. The third kappa shape index (κ3) is 3.69. The van der Waals surface area contributed by atoms with E-state index in [0.29, 0.717) is 10.6 Å². The summed E-state index contributed by atoms with van der Waals surface area (Å²) in [6, 6.07) is 3.48. The molecule has 7 nitrogen and oxygen atoms in total. The average Bonchev–Trinajstić information content (AvgIpc) is 3.05. The van der Waals surface area contributed by atoms with Gasteiger partial charge in [-0.05, 0) is 25.3 Å². The second-order valence-electron chi connectivity index (χ2n) is 4.28. The average molecular weight is 329 g/mol. The highest BCUT2D eigenvalue weighted by Gasteiger charge is 2.23. The van der Waals surface area contributed by atoms with Crippen LogP contribution in [-0.2, 0) is 10.0 Å². The van der Waals surface area contributed by atoms with Crippen LogP contribution in [0.25, 0.3) is 0 Å². The summed E-state index contributed by atoms with van der Waals surface area (Å²) in [6.07, 6.45) is 0. The fourth-order valence-electron chi connectivity index (χ4n) is 1.79. The molecule has 2 rings (SSSR count). The molecule has 0 saturated heterocycles. The van der Waals surface area contributed by atoms with E-state index >= 15 is 0 Å². The lowest BCUT2D eigenvalue weighted by Crippen LogP contribution is -2.34. The number of hydrogen-bond acceptors (Lipinski definition) is 6. The molecule has 114 valence electrons. The SMILES string of the molecule is Cc1noc(C)c1S(=O)(=O)NCCNC(=O)c1cccs1. The maximum Gasteiger partial charge on any atom is 0.261 e. The van der Waals surface area contributed by atoms with E-state index in [4.69, 9.17) is 4.52 Å². The van der Waals surface area contributed by atoms with Crippen molar-refractivity contribution in [1.29, 1.82) is 0 Å². The van der Waals surface area contributed by atoms with Gasteiger partial charge in [-0.25, -0.2) is 13.1 Å². The molecule has 2 aromatic heterocycles. The van der Waals surface area contributed by atoms with Crippen molar-refractivity contribution in [3.63, 3.8) is 0 Å². The van der Waals surface area contributed by atoms with Crippen molar-refractivity contribution in [2.45, 2.75) is 18.7 Å². The predicted octanol–water partition coefficient (Wildman–Crippen LogP) is 1.06. The Kier molecular flexibility index (Phi) is 4.76. The van der Waals surface area contributed by atoms with Gasteiger partial charge in [-0.15, -0.1) is 11.3 Å². The van der Waals surface area contributed by atoms with E-state index in [1.54, 1.807) is 24.4 Å². The second-order valence-corrected chi connectivity index (χ2v) is 6.94. The highest BCUT2D eigenvalue weighted by atomic mass is 32.2. The Balaban J connectivity index is 1.87. The van der Waals surface area contributed by atoms with Crippen LogP contribution in [0.2, 0.25) is 0 Å². The number of hydrogen-bond donors (Lipinski definition) is 2. The molecule has 0 unspecified atom stereocenters. The number of aryl methyl sites for hydroxylation is 2. The lowest BCUT2D eigenvalue weighted by molar-refractivity contribution is 0.0958. The Hall–Kier alpha value is -1.71. The molecule has 2 aromatic rings.